The fourth-order valence-corrected chi connectivity index (χ4v) is 3.49. The molecule has 1 N–H and O–H groups in total. The Morgan fingerprint density at radius 1 is 1.33 bits per heavy atom. The Bertz CT molecular complexity index is 471. The summed E-state index contributed by atoms with van der Waals surface area (Å²) in [6.45, 7) is 7.86. The van der Waals surface area contributed by atoms with Gasteiger partial charge in [-0.05, 0) is 37.3 Å². The third kappa shape index (κ3) is 3.29. The third-order valence-electron chi connectivity index (χ3n) is 5.16. The lowest BCUT2D eigenvalue weighted by atomic mass is 9.76. The van der Waals surface area contributed by atoms with Gasteiger partial charge in [-0.25, -0.2) is 0 Å². The maximum Gasteiger partial charge on any atom is 0.311 e. The molecular weight excluding hydrogens is 262 g/mol. The number of benzene rings is 1. The van der Waals surface area contributed by atoms with Crippen LogP contribution < -0.4 is 0 Å². The van der Waals surface area contributed by atoms with Gasteiger partial charge in [0.15, 0.2) is 0 Å². The lowest BCUT2D eigenvalue weighted by molar-refractivity contribution is -0.151. The summed E-state index contributed by atoms with van der Waals surface area (Å²) >= 11 is 0. The van der Waals surface area contributed by atoms with Gasteiger partial charge in [0.25, 0.3) is 0 Å². The van der Waals surface area contributed by atoms with Crippen molar-refractivity contribution in [2.45, 2.75) is 46.1 Å². The molecule has 1 saturated heterocycles. The number of carboxylic acid groups (broad SMARTS) is 1. The Balaban J connectivity index is 2.09. The van der Waals surface area contributed by atoms with Crippen LogP contribution in [0.1, 0.15) is 39.2 Å². The van der Waals surface area contributed by atoms with Crippen molar-refractivity contribution in [3.63, 3.8) is 0 Å². The minimum absolute atomic E-state index is 0.175. The number of carboxylic acids is 1. The van der Waals surface area contributed by atoms with Gasteiger partial charge < -0.3 is 5.11 Å². The van der Waals surface area contributed by atoms with Crippen LogP contribution in [-0.2, 0) is 11.2 Å². The van der Waals surface area contributed by atoms with Gasteiger partial charge in [-0.2, -0.15) is 0 Å². The van der Waals surface area contributed by atoms with Crippen LogP contribution in [0.3, 0.4) is 0 Å². The number of nitrogens with zero attached hydrogens (tertiary/aromatic N) is 1. The van der Waals surface area contributed by atoms with Crippen molar-refractivity contribution < 1.29 is 9.90 Å². The van der Waals surface area contributed by atoms with E-state index in [-0.39, 0.29) is 5.92 Å². The largest absolute Gasteiger partial charge is 0.481 e. The lowest BCUT2D eigenvalue weighted by Crippen LogP contribution is -2.42. The average Bonchev–Trinajstić information content (AvgIpc) is 2.92. The number of aliphatic carboxylic acids is 1. The van der Waals surface area contributed by atoms with E-state index in [2.05, 4.69) is 36.1 Å². The summed E-state index contributed by atoms with van der Waals surface area (Å²) < 4.78 is 0. The van der Waals surface area contributed by atoms with Crippen LogP contribution in [0.4, 0.5) is 0 Å². The van der Waals surface area contributed by atoms with Gasteiger partial charge in [0, 0.05) is 12.6 Å². The van der Waals surface area contributed by atoms with Crippen LogP contribution in [0.5, 0.6) is 0 Å². The first kappa shape index (κ1) is 16.0. The molecule has 1 heterocycles. The van der Waals surface area contributed by atoms with E-state index in [1.807, 2.05) is 19.9 Å². The maximum atomic E-state index is 11.8. The molecule has 2 rings (SSSR count). The van der Waals surface area contributed by atoms with Gasteiger partial charge in [0.05, 0.1) is 5.41 Å². The monoisotopic (exact) mass is 289 g/mol. The Labute approximate surface area is 128 Å². The molecule has 0 bridgehead atoms. The molecule has 1 aliphatic rings. The van der Waals surface area contributed by atoms with E-state index in [9.17, 15) is 9.90 Å². The molecule has 21 heavy (non-hydrogen) atoms. The van der Waals surface area contributed by atoms with Gasteiger partial charge in [-0.3, -0.25) is 9.69 Å². The summed E-state index contributed by atoms with van der Waals surface area (Å²) in [6, 6.07) is 10.9. The molecular formula is C18H27NO2. The van der Waals surface area contributed by atoms with Gasteiger partial charge in [-0.15, -0.1) is 0 Å². The fourth-order valence-electron chi connectivity index (χ4n) is 3.49. The molecule has 0 radical (unpaired) electrons. The van der Waals surface area contributed by atoms with Crippen LogP contribution in [0.2, 0.25) is 0 Å². The topological polar surface area (TPSA) is 40.5 Å². The summed E-state index contributed by atoms with van der Waals surface area (Å²) in [5.74, 6) is -0.455. The standard InChI is InChI=1S/C18H27NO2/c1-4-16(12-15-8-6-5-7-9-15)19-11-10-18(13-19,14(2)3)17(20)21/h5-9,14,16H,4,10-13H2,1-3H3,(H,20,21). The van der Waals surface area contributed by atoms with Crippen molar-refractivity contribution in [1.82, 2.24) is 4.90 Å². The summed E-state index contributed by atoms with van der Waals surface area (Å²) in [6.07, 6.45) is 2.83. The summed E-state index contributed by atoms with van der Waals surface area (Å²) in [7, 11) is 0. The maximum absolute atomic E-state index is 11.8. The van der Waals surface area contributed by atoms with Crippen molar-refractivity contribution in [3.05, 3.63) is 35.9 Å². The summed E-state index contributed by atoms with van der Waals surface area (Å²) in [5, 5.41) is 9.67. The van der Waals surface area contributed by atoms with Gasteiger partial charge in [0.2, 0.25) is 0 Å². The molecule has 0 saturated carbocycles. The van der Waals surface area contributed by atoms with Crippen LogP contribution in [0, 0.1) is 11.3 Å². The highest BCUT2D eigenvalue weighted by Crippen LogP contribution is 2.39. The lowest BCUT2D eigenvalue weighted by Gasteiger charge is -2.32. The normalized spacial score (nSPS) is 24.4. The number of carbonyl (C=O) groups is 1. The fraction of sp³-hybridized carbons (Fsp3) is 0.611. The molecule has 0 amide bonds. The Hall–Kier alpha value is -1.35. The molecule has 1 aromatic carbocycles. The first-order valence-corrected chi connectivity index (χ1v) is 8.01. The molecule has 0 aliphatic carbocycles. The van der Waals surface area contributed by atoms with Crippen molar-refractivity contribution >= 4 is 5.97 Å². The Morgan fingerprint density at radius 3 is 2.48 bits per heavy atom. The second kappa shape index (κ2) is 6.61. The van der Waals surface area contributed by atoms with Crippen LogP contribution >= 0.6 is 0 Å². The van der Waals surface area contributed by atoms with Crippen LogP contribution in [-0.4, -0.2) is 35.1 Å². The van der Waals surface area contributed by atoms with E-state index >= 15 is 0 Å². The van der Waals surface area contributed by atoms with Gasteiger partial charge in [0.1, 0.15) is 0 Å². The molecule has 0 spiro atoms. The van der Waals surface area contributed by atoms with Crippen LogP contribution in [0.25, 0.3) is 0 Å². The number of likely N-dealkylation sites (tertiary alicyclic amines) is 1. The van der Waals surface area contributed by atoms with E-state index in [4.69, 9.17) is 0 Å². The van der Waals surface area contributed by atoms with E-state index in [1.165, 1.54) is 5.56 Å². The van der Waals surface area contributed by atoms with E-state index in [0.717, 1.165) is 25.8 Å². The summed E-state index contributed by atoms with van der Waals surface area (Å²) in [5.41, 5.74) is 0.770. The Morgan fingerprint density at radius 2 is 2.00 bits per heavy atom. The van der Waals surface area contributed by atoms with Crippen molar-refractivity contribution in [2.75, 3.05) is 13.1 Å². The zero-order valence-corrected chi connectivity index (χ0v) is 13.4. The van der Waals surface area contributed by atoms with E-state index < -0.39 is 11.4 Å². The molecule has 2 unspecified atom stereocenters. The predicted octanol–water partition coefficient (Wildman–Crippen LogP) is 3.44. The zero-order chi connectivity index (χ0) is 15.5. The summed E-state index contributed by atoms with van der Waals surface area (Å²) in [4.78, 5) is 14.1. The number of hydrogen-bond donors (Lipinski definition) is 1. The van der Waals surface area contributed by atoms with E-state index in [1.54, 1.807) is 0 Å². The van der Waals surface area contributed by atoms with Crippen molar-refractivity contribution in [3.8, 4) is 0 Å². The van der Waals surface area contributed by atoms with Crippen molar-refractivity contribution in [1.29, 1.82) is 0 Å². The first-order valence-electron chi connectivity index (χ1n) is 8.01. The molecule has 3 heteroatoms. The third-order valence-corrected chi connectivity index (χ3v) is 5.16. The highest BCUT2D eigenvalue weighted by Gasteiger charge is 2.48. The molecule has 116 valence electrons. The number of rotatable bonds is 6. The smallest absolute Gasteiger partial charge is 0.311 e. The average molecular weight is 289 g/mol. The van der Waals surface area contributed by atoms with E-state index in [0.29, 0.717) is 12.6 Å². The Kier molecular flexibility index (Phi) is 5.04. The second-order valence-electron chi connectivity index (χ2n) is 6.59. The highest BCUT2D eigenvalue weighted by molar-refractivity contribution is 5.75. The number of hydrogen-bond acceptors (Lipinski definition) is 2. The molecule has 2 atom stereocenters. The molecule has 1 aromatic rings. The minimum Gasteiger partial charge on any atom is -0.481 e. The SMILES string of the molecule is CCC(Cc1ccccc1)N1CCC(C(=O)O)(C(C)C)C1. The first-order chi connectivity index (χ1) is 9.99. The zero-order valence-electron chi connectivity index (χ0n) is 13.4. The van der Waals surface area contributed by atoms with Gasteiger partial charge in [-0.1, -0.05) is 51.1 Å². The predicted molar refractivity (Wildman–Crippen MR) is 85.3 cm³/mol. The van der Waals surface area contributed by atoms with Crippen molar-refractivity contribution in [2.24, 2.45) is 11.3 Å². The van der Waals surface area contributed by atoms with Gasteiger partial charge >= 0.3 is 5.97 Å². The molecule has 1 aliphatic heterocycles. The minimum atomic E-state index is -0.630. The molecule has 1 fully saturated rings. The highest BCUT2D eigenvalue weighted by atomic mass is 16.4. The molecule has 3 nitrogen and oxygen atoms in total. The molecule has 0 aromatic heterocycles. The quantitative estimate of drug-likeness (QED) is 0.872. The second-order valence-corrected chi connectivity index (χ2v) is 6.59. The van der Waals surface area contributed by atoms with Crippen LogP contribution in [0.15, 0.2) is 30.3 Å².